The number of carbonyl (C=O) groups excluding carboxylic acids is 2. The van der Waals surface area contributed by atoms with E-state index < -0.39 is 30.1 Å². The van der Waals surface area contributed by atoms with Crippen LogP contribution in [0.3, 0.4) is 0 Å². The summed E-state index contributed by atoms with van der Waals surface area (Å²) in [5.74, 6) is -1.48. The summed E-state index contributed by atoms with van der Waals surface area (Å²) >= 11 is 0. The largest absolute Gasteiger partial charge is 0.458 e. The van der Waals surface area contributed by atoms with Crippen LogP contribution in [0.1, 0.15) is 39.5 Å². The lowest BCUT2D eigenvalue weighted by molar-refractivity contribution is -0.148. The smallest absolute Gasteiger partial charge is 0.334 e. The SMILES string of the molecule is C=C1C(=O)O[C@@H]2CC(CO)CC/C=C(/CO)C[C@@H](OC(=O)/C(C)=C\C)[C@@H]12. The highest BCUT2D eigenvalue weighted by molar-refractivity contribution is 5.91. The maximum absolute atomic E-state index is 12.3. The molecular weight excluding hydrogens is 336 g/mol. The summed E-state index contributed by atoms with van der Waals surface area (Å²) in [5, 5.41) is 19.3. The monoisotopic (exact) mass is 364 g/mol. The van der Waals surface area contributed by atoms with Gasteiger partial charge in [-0.1, -0.05) is 18.7 Å². The van der Waals surface area contributed by atoms with Crippen LogP contribution in [-0.4, -0.2) is 47.6 Å². The number of aliphatic hydroxyl groups excluding tert-OH is 2. The van der Waals surface area contributed by atoms with E-state index in [-0.39, 0.29) is 24.7 Å². The maximum atomic E-state index is 12.3. The average Bonchev–Trinajstić information content (AvgIpc) is 2.91. The van der Waals surface area contributed by atoms with Crippen LogP contribution in [-0.2, 0) is 19.1 Å². The Bertz CT molecular complexity index is 618. The molecule has 0 aromatic carbocycles. The Morgan fingerprint density at radius 1 is 1.46 bits per heavy atom. The second-order valence-corrected chi connectivity index (χ2v) is 7.00. The zero-order valence-corrected chi connectivity index (χ0v) is 15.4. The summed E-state index contributed by atoms with van der Waals surface area (Å²) in [6, 6.07) is 0. The Labute approximate surface area is 154 Å². The molecule has 1 aliphatic carbocycles. The highest BCUT2D eigenvalue weighted by Gasteiger charge is 2.46. The van der Waals surface area contributed by atoms with Gasteiger partial charge < -0.3 is 19.7 Å². The first-order valence-corrected chi connectivity index (χ1v) is 9.04. The van der Waals surface area contributed by atoms with Gasteiger partial charge in [-0.15, -0.1) is 0 Å². The molecule has 144 valence electrons. The predicted octanol–water partition coefficient (Wildman–Crippen LogP) is 2.06. The van der Waals surface area contributed by atoms with E-state index in [0.717, 1.165) is 12.0 Å². The first-order valence-electron chi connectivity index (χ1n) is 9.04. The maximum Gasteiger partial charge on any atom is 0.334 e. The molecule has 2 N–H and O–H groups in total. The number of esters is 2. The van der Waals surface area contributed by atoms with Gasteiger partial charge in [0.05, 0.1) is 12.5 Å². The van der Waals surface area contributed by atoms with Crippen molar-refractivity contribution in [3.8, 4) is 0 Å². The van der Waals surface area contributed by atoms with Gasteiger partial charge in [0.25, 0.3) is 0 Å². The van der Waals surface area contributed by atoms with Crippen molar-refractivity contribution in [2.75, 3.05) is 13.2 Å². The zero-order valence-electron chi connectivity index (χ0n) is 15.4. The third-order valence-corrected chi connectivity index (χ3v) is 5.24. The van der Waals surface area contributed by atoms with E-state index in [1.165, 1.54) is 0 Å². The molecule has 0 aromatic heterocycles. The van der Waals surface area contributed by atoms with Crippen molar-refractivity contribution in [1.82, 2.24) is 0 Å². The van der Waals surface area contributed by atoms with Crippen LogP contribution in [0.5, 0.6) is 0 Å². The summed E-state index contributed by atoms with van der Waals surface area (Å²) in [7, 11) is 0. The number of rotatable bonds is 4. The van der Waals surface area contributed by atoms with Crippen LogP contribution < -0.4 is 0 Å². The second kappa shape index (κ2) is 9.14. The Balaban J connectivity index is 2.37. The highest BCUT2D eigenvalue weighted by atomic mass is 16.6. The van der Waals surface area contributed by atoms with Gasteiger partial charge in [-0.25, -0.2) is 9.59 Å². The zero-order chi connectivity index (χ0) is 19.3. The fourth-order valence-corrected chi connectivity index (χ4v) is 3.50. The average molecular weight is 364 g/mol. The van der Waals surface area contributed by atoms with Gasteiger partial charge in [0, 0.05) is 24.2 Å². The molecule has 1 unspecified atom stereocenters. The van der Waals surface area contributed by atoms with E-state index in [9.17, 15) is 19.8 Å². The first kappa shape index (κ1) is 20.4. The lowest BCUT2D eigenvalue weighted by atomic mass is 9.81. The van der Waals surface area contributed by atoms with Crippen molar-refractivity contribution in [3.05, 3.63) is 35.5 Å². The third-order valence-electron chi connectivity index (χ3n) is 5.24. The summed E-state index contributed by atoms with van der Waals surface area (Å²) in [6.45, 7) is 7.09. The number of carbonyl (C=O) groups is 2. The molecule has 1 fully saturated rings. The first-order chi connectivity index (χ1) is 12.4. The molecule has 4 atom stereocenters. The predicted molar refractivity (Wildman–Crippen MR) is 96.0 cm³/mol. The van der Waals surface area contributed by atoms with E-state index in [1.807, 2.05) is 6.08 Å². The quantitative estimate of drug-likeness (QED) is 0.451. The molecule has 1 heterocycles. The Morgan fingerprint density at radius 3 is 2.81 bits per heavy atom. The molecule has 1 saturated heterocycles. The van der Waals surface area contributed by atoms with E-state index in [0.29, 0.717) is 24.8 Å². The van der Waals surface area contributed by atoms with Gasteiger partial charge in [-0.05, 0) is 44.6 Å². The minimum Gasteiger partial charge on any atom is -0.458 e. The minimum absolute atomic E-state index is 0.0162. The standard InChI is InChI=1S/C20H28O6/c1-4-12(2)19(23)25-16-8-14(10-21)6-5-7-15(11-22)9-17-18(16)13(3)20(24)26-17/h4,6,15-18,21-22H,3,5,7-11H2,1-2H3/b12-4-,14-6+/t15?,16-,17-,18-/m1/s1. The molecule has 26 heavy (non-hydrogen) atoms. The van der Waals surface area contributed by atoms with Gasteiger partial charge >= 0.3 is 11.9 Å². The summed E-state index contributed by atoms with van der Waals surface area (Å²) < 4.78 is 11.2. The molecule has 1 aliphatic heterocycles. The van der Waals surface area contributed by atoms with E-state index >= 15 is 0 Å². The molecule has 0 saturated carbocycles. The number of hydrogen-bond donors (Lipinski definition) is 2. The molecular formula is C20H28O6. The van der Waals surface area contributed by atoms with Crippen molar-refractivity contribution >= 4 is 11.9 Å². The molecule has 2 aliphatic rings. The van der Waals surface area contributed by atoms with Crippen LogP contribution >= 0.6 is 0 Å². The summed E-state index contributed by atoms with van der Waals surface area (Å²) in [5.41, 5.74) is 1.49. The van der Waals surface area contributed by atoms with Crippen molar-refractivity contribution in [2.45, 2.75) is 51.7 Å². The third kappa shape index (κ3) is 4.62. The Kier molecular flexibility index (Phi) is 7.17. The molecule has 6 nitrogen and oxygen atoms in total. The normalized spacial score (nSPS) is 32.3. The Hall–Kier alpha value is -1.92. The van der Waals surface area contributed by atoms with Gasteiger partial charge in [-0.2, -0.15) is 0 Å². The fourth-order valence-electron chi connectivity index (χ4n) is 3.50. The summed E-state index contributed by atoms with van der Waals surface area (Å²) in [4.78, 5) is 24.4. The molecule has 0 aromatic rings. The van der Waals surface area contributed by atoms with Gasteiger partial charge in [0.1, 0.15) is 12.2 Å². The van der Waals surface area contributed by atoms with Gasteiger partial charge in [-0.3, -0.25) is 0 Å². The minimum atomic E-state index is -0.655. The van der Waals surface area contributed by atoms with Crippen molar-refractivity contribution in [3.63, 3.8) is 0 Å². The summed E-state index contributed by atoms with van der Waals surface area (Å²) in [6.07, 6.45) is 4.68. The number of ether oxygens (including phenoxy) is 2. The topological polar surface area (TPSA) is 93.1 Å². The number of fused-ring (bicyclic) bond motifs is 1. The van der Waals surface area contributed by atoms with E-state index in [1.54, 1.807) is 19.9 Å². The van der Waals surface area contributed by atoms with Crippen LogP contribution in [0, 0.1) is 11.8 Å². The van der Waals surface area contributed by atoms with Crippen molar-refractivity contribution < 1.29 is 29.3 Å². The fraction of sp³-hybridized carbons (Fsp3) is 0.600. The molecule has 0 spiro atoms. The van der Waals surface area contributed by atoms with Gasteiger partial charge in [0.2, 0.25) is 0 Å². The van der Waals surface area contributed by atoms with E-state index in [4.69, 9.17) is 9.47 Å². The molecule has 6 heteroatoms. The van der Waals surface area contributed by atoms with Crippen LogP contribution in [0.25, 0.3) is 0 Å². The van der Waals surface area contributed by atoms with Crippen LogP contribution in [0.2, 0.25) is 0 Å². The molecule has 0 amide bonds. The van der Waals surface area contributed by atoms with Gasteiger partial charge in [0.15, 0.2) is 0 Å². The lowest BCUT2D eigenvalue weighted by Crippen LogP contribution is -2.36. The second-order valence-electron chi connectivity index (χ2n) is 7.00. The van der Waals surface area contributed by atoms with Crippen molar-refractivity contribution in [2.24, 2.45) is 11.8 Å². The molecule has 2 rings (SSSR count). The number of hydrogen-bond acceptors (Lipinski definition) is 6. The highest BCUT2D eigenvalue weighted by Crippen LogP contribution is 2.38. The molecule has 0 bridgehead atoms. The van der Waals surface area contributed by atoms with E-state index in [2.05, 4.69) is 6.58 Å². The number of allylic oxidation sites excluding steroid dienone is 2. The lowest BCUT2D eigenvalue weighted by Gasteiger charge is -2.30. The van der Waals surface area contributed by atoms with Crippen molar-refractivity contribution in [1.29, 1.82) is 0 Å². The Morgan fingerprint density at radius 2 is 2.19 bits per heavy atom. The van der Waals surface area contributed by atoms with Crippen LogP contribution in [0.15, 0.2) is 35.5 Å². The molecule has 0 radical (unpaired) electrons. The number of aliphatic hydroxyl groups is 2. The van der Waals surface area contributed by atoms with Crippen LogP contribution in [0.4, 0.5) is 0 Å².